The molecule has 0 aliphatic carbocycles. The summed E-state index contributed by atoms with van der Waals surface area (Å²) < 4.78 is 5.43. The average molecular weight is 250 g/mol. The highest BCUT2D eigenvalue weighted by atomic mass is 16.5. The summed E-state index contributed by atoms with van der Waals surface area (Å²) in [6.07, 6.45) is 0.256. The molecular formula is C13H18N2O3. The maximum Gasteiger partial charge on any atom is 0.234 e. The molecule has 0 saturated carbocycles. The normalized spacial score (nSPS) is 11.9. The predicted octanol–water partition coefficient (Wildman–Crippen LogP) is 0.643. The fourth-order valence-electron chi connectivity index (χ4n) is 1.59. The van der Waals surface area contributed by atoms with Gasteiger partial charge in [0.15, 0.2) is 5.78 Å². The molecule has 1 aromatic rings. The Morgan fingerprint density at radius 3 is 2.56 bits per heavy atom. The number of carbonyl (C=O) groups is 2. The fraction of sp³-hybridized carbons (Fsp3) is 0.385. The minimum Gasteiger partial charge on any atom is -0.494 e. The van der Waals surface area contributed by atoms with E-state index in [1.807, 2.05) is 6.92 Å². The lowest BCUT2D eigenvalue weighted by molar-refractivity contribution is -0.119. The second-order valence-electron chi connectivity index (χ2n) is 4.02. The van der Waals surface area contributed by atoms with E-state index in [4.69, 9.17) is 16.2 Å². The summed E-state index contributed by atoms with van der Waals surface area (Å²) >= 11 is 0. The van der Waals surface area contributed by atoms with Gasteiger partial charge in [0, 0.05) is 12.0 Å². The van der Waals surface area contributed by atoms with Crippen LogP contribution in [-0.4, -0.2) is 24.3 Å². The lowest BCUT2D eigenvalue weighted by Gasteiger charge is -2.13. The topological polar surface area (TPSA) is 95.4 Å². The van der Waals surface area contributed by atoms with E-state index in [2.05, 4.69) is 0 Å². The minimum absolute atomic E-state index is 0.0491. The van der Waals surface area contributed by atoms with E-state index in [0.717, 1.165) is 5.56 Å². The van der Waals surface area contributed by atoms with E-state index < -0.39 is 11.9 Å². The zero-order chi connectivity index (χ0) is 13.7. The standard InChI is InChI=1S/C13H18N2O3/c1-3-18-12-5-4-9(8(2)16)6-10(12)7-11(14)13(15)17/h4-6,11H,3,7,14H2,1-2H3,(H2,15,17). The van der Waals surface area contributed by atoms with Gasteiger partial charge in [-0.25, -0.2) is 0 Å². The molecule has 5 nitrogen and oxygen atoms in total. The summed E-state index contributed by atoms with van der Waals surface area (Å²) in [6, 6.07) is 4.30. The van der Waals surface area contributed by atoms with Crippen LogP contribution >= 0.6 is 0 Å². The zero-order valence-corrected chi connectivity index (χ0v) is 10.6. The molecule has 0 fully saturated rings. The van der Waals surface area contributed by atoms with Gasteiger partial charge in [-0.1, -0.05) is 0 Å². The Morgan fingerprint density at radius 2 is 2.06 bits per heavy atom. The number of hydrogen-bond donors (Lipinski definition) is 2. The number of benzene rings is 1. The molecule has 0 bridgehead atoms. The molecule has 0 radical (unpaired) electrons. The van der Waals surface area contributed by atoms with Crippen LogP contribution in [0.25, 0.3) is 0 Å². The Labute approximate surface area is 106 Å². The van der Waals surface area contributed by atoms with E-state index in [0.29, 0.717) is 17.9 Å². The minimum atomic E-state index is -0.786. The van der Waals surface area contributed by atoms with Gasteiger partial charge >= 0.3 is 0 Å². The Bertz CT molecular complexity index is 458. The Balaban J connectivity index is 3.06. The van der Waals surface area contributed by atoms with Gasteiger partial charge in [0.1, 0.15) is 5.75 Å². The number of carbonyl (C=O) groups excluding carboxylic acids is 2. The third kappa shape index (κ3) is 3.56. The largest absolute Gasteiger partial charge is 0.494 e. The lowest BCUT2D eigenvalue weighted by Crippen LogP contribution is -2.38. The van der Waals surface area contributed by atoms with Gasteiger partial charge in [0.2, 0.25) is 5.91 Å². The summed E-state index contributed by atoms with van der Waals surface area (Å²) in [7, 11) is 0. The molecule has 18 heavy (non-hydrogen) atoms. The highest BCUT2D eigenvalue weighted by Gasteiger charge is 2.15. The molecular weight excluding hydrogens is 232 g/mol. The third-order valence-electron chi connectivity index (χ3n) is 2.57. The van der Waals surface area contributed by atoms with Crippen molar-refractivity contribution in [3.8, 4) is 5.75 Å². The summed E-state index contributed by atoms with van der Waals surface area (Å²) in [5, 5.41) is 0. The van der Waals surface area contributed by atoms with Crippen LogP contribution in [0.1, 0.15) is 29.8 Å². The van der Waals surface area contributed by atoms with Crippen molar-refractivity contribution in [3.63, 3.8) is 0 Å². The van der Waals surface area contributed by atoms with Gasteiger partial charge in [0.25, 0.3) is 0 Å². The van der Waals surface area contributed by atoms with E-state index in [1.165, 1.54) is 6.92 Å². The number of amides is 1. The first-order valence-corrected chi connectivity index (χ1v) is 5.77. The van der Waals surface area contributed by atoms with Crippen molar-refractivity contribution in [2.24, 2.45) is 11.5 Å². The summed E-state index contributed by atoms with van der Waals surface area (Å²) in [5.74, 6) is -0.00294. The fourth-order valence-corrected chi connectivity index (χ4v) is 1.59. The Kier molecular flexibility index (Phi) is 4.85. The number of ketones is 1. The average Bonchev–Trinajstić information content (AvgIpc) is 2.31. The number of nitrogens with two attached hydrogens (primary N) is 2. The van der Waals surface area contributed by atoms with Crippen molar-refractivity contribution < 1.29 is 14.3 Å². The molecule has 1 unspecified atom stereocenters. The monoisotopic (exact) mass is 250 g/mol. The maximum absolute atomic E-state index is 11.3. The van der Waals surface area contributed by atoms with Gasteiger partial charge in [-0.15, -0.1) is 0 Å². The van der Waals surface area contributed by atoms with Crippen molar-refractivity contribution in [1.29, 1.82) is 0 Å². The lowest BCUT2D eigenvalue weighted by atomic mass is 10.0. The van der Waals surface area contributed by atoms with Crippen molar-refractivity contribution in [2.75, 3.05) is 6.61 Å². The van der Waals surface area contributed by atoms with Crippen LogP contribution in [0.15, 0.2) is 18.2 Å². The number of ether oxygens (including phenoxy) is 1. The summed E-state index contributed by atoms with van der Waals surface area (Å²) in [5.41, 5.74) is 12.0. The van der Waals surface area contributed by atoms with Gasteiger partial charge < -0.3 is 16.2 Å². The van der Waals surface area contributed by atoms with Crippen LogP contribution in [0.3, 0.4) is 0 Å². The molecule has 0 aliphatic rings. The van der Waals surface area contributed by atoms with Crippen molar-refractivity contribution in [3.05, 3.63) is 29.3 Å². The first-order valence-electron chi connectivity index (χ1n) is 5.77. The quantitative estimate of drug-likeness (QED) is 0.724. The number of rotatable bonds is 6. The molecule has 4 N–H and O–H groups in total. The van der Waals surface area contributed by atoms with E-state index in [1.54, 1.807) is 18.2 Å². The molecule has 1 amide bonds. The third-order valence-corrected chi connectivity index (χ3v) is 2.57. The van der Waals surface area contributed by atoms with Crippen LogP contribution in [0.5, 0.6) is 5.75 Å². The Morgan fingerprint density at radius 1 is 1.39 bits per heavy atom. The van der Waals surface area contributed by atoms with Crippen LogP contribution in [-0.2, 0) is 11.2 Å². The van der Waals surface area contributed by atoms with Crippen LogP contribution in [0, 0.1) is 0 Å². The maximum atomic E-state index is 11.3. The van der Waals surface area contributed by atoms with Crippen LogP contribution < -0.4 is 16.2 Å². The highest BCUT2D eigenvalue weighted by molar-refractivity contribution is 5.94. The SMILES string of the molecule is CCOc1ccc(C(C)=O)cc1CC(N)C(N)=O. The number of primary amides is 1. The molecule has 0 aliphatic heterocycles. The van der Waals surface area contributed by atoms with Crippen molar-refractivity contribution in [1.82, 2.24) is 0 Å². The molecule has 5 heteroatoms. The first kappa shape index (κ1) is 14.2. The zero-order valence-electron chi connectivity index (χ0n) is 10.6. The smallest absolute Gasteiger partial charge is 0.234 e. The van der Waals surface area contributed by atoms with Gasteiger partial charge in [0.05, 0.1) is 12.6 Å². The molecule has 0 heterocycles. The van der Waals surface area contributed by atoms with E-state index >= 15 is 0 Å². The Hall–Kier alpha value is -1.88. The molecule has 0 spiro atoms. The van der Waals surface area contributed by atoms with Crippen molar-refractivity contribution in [2.45, 2.75) is 26.3 Å². The van der Waals surface area contributed by atoms with Gasteiger partial charge in [-0.2, -0.15) is 0 Å². The molecule has 1 atom stereocenters. The second kappa shape index (κ2) is 6.16. The van der Waals surface area contributed by atoms with E-state index in [-0.39, 0.29) is 12.2 Å². The molecule has 0 aromatic heterocycles. The molecule has 1 aromatic carbocycles. The molecule has 1 rings (SSSR count). The van der Waals surface area contributed by atoms with Crippen LogP contribution in [0.2, 0.25) is 0 Å². The van der Waals surface area contributed by atoms with E-state index in [9.17, 15) is 9.59 Å². The van der Waals surface area contributed by atoms with Crippen molar-refractivity contribution >= 4 is 11.7 Å². The number of hydrogen-bond acceptors (Lipinski definition) is 4. The highest BCUT2D eigenvalue weighted by Crippen LogP contribution is 2.22. The van der Waals surface area contributed by atoms with Crippen LogP contribution in [0.4, 0.5) is 0 Å². The summed E-state index contributed by atoms with van der Waals surface area (Å²) in [4.78, 5) is 22.3. The first-order chi connectivity index (χ1) is 8.45. The predicted molar refractivity (Wildman–Crippen MR) is 68.5 cm³/mol. The van der Waals surface area contributed by atoms with Gasteiger partial charge in [-0.3, -0.25) is 9.59 Å². The van der Waals surface area contributed by atoms with Gasteiger partial charge in [-0.05, 0) is 37.6 Å². The summed E-state index contributed by atoms with van der Waals surface area (Å²) in [6.45, 7) is 3.84. The second-order valence-corrected chi connectivity index (χ2v) is 4.02. The number of Topliss-reactive ketones (excluding diaryl/α,β-unsaturated/α-hetero) is 1. The molecule has 0 saturated heterocycles. The molecule has 98 valence electrons.